The molecule has 0 bridgehead atoms. The normalized spacial score (nSPS) is 11.4. The van der Waals surface area contributed by atoms with E-state index in [9.17, 15) is 0 Å². The molecule has 108 valence electrons. The van der Waals surface area contributed by atoms with E-state index >= 15 is 0 Å². The van der Waals surface area contributed by atoms with Gasteiger partial charge in [-0.2, -0.15) is 5.26 Å². The number of aliphatic imine (C=N–C) groups is 1. The molecule has 0 saturated carbocycles. The highest BCUT2D eigenvalue weighted by molar-refractivity contribution is 8.13. The third-order valence-electron chi connectivity index (χ3n) is 3.01. The third-order valence-corrected chi connectivity index (χ3v) is 3.59. The van der Waals surface area contributed by atoms with Crippen molar-refractivity contribution in [2.75, 3.05) is 6.26 Å². The number of aromatic nitrogens is 1. The molecule has 0 atom stereocenters. The van der Waals surface area contributed by atoms with Gasteiger partial charge in [0.15, 0.2) is 16.9 Å². The zero-order chi connectivity index (χ0) is 15.4. The third kappa shape index (κ3) is 2.80. The minimum absolute atomic E-state index is 0.512. The summed E-state index contributed by atoms with van der Waals surface area (Å²) in [5.74, 6) is 0.512. The van der Waals surface area contributed by atoms with Crippen molar-refractivity contribution in [3.63, 3.8) is 0 Å². The van der Waals surface area contributed by atoms with Crippen molar-refractivity contribution < 1.29 is 4.42 Å². The van der Waals surface area contributed by atoms with E-state index in [-0.39, 0.29) is 0 Å². The molecule has 6 heteroatoms. The molecule has 5 nitrogen and oxygen atoms in total. The van der Waals surface area contributed by atoms with Gasteiger partial charge >= 0.3 is 0 Å². The van der Waals surface area contributed by atoms with Gasteiger partial charge in [-0.3, -0.25) is 5.32 Å². The zero-order valence-electron chi connectivity index (χ0n) is 11.8. The lowest BCUT2D eigenvalue weighted by molar-refractivity contribution is 0.620. The number of hydrogen-bond donors (Lipinski definition) is 1. The molecule has 3 rings (SSSR count). The lowest BCUT2D eigenvalue weighted by Gasteiger charge is -2.03. The van der Waals surface area contributed by atoms with Crippen molar-refractivity contribution >= 4 is 33.7 Å². The Morgan fingerprint density at radius 1 is 1.23 bits per heavy atom. The molecule has 2 aromatic carbocycles. The van der Waals surface area contributed by atoms with Crippen LogP contribution in [0, 0.1) is 11.5 Å². The predicted octanol–water partition coefficient (Wildman–Crippen LogP) is 3.92. The lowest BCUT2D eigenvalue weighted by Crippen LogP contribution is -2.12. The number of hydrogen-bond acceptors (Lipinski definition) is 5. The van der Waals surface area contributed by atoms with Crippen LogP contribution in [0.2, 0.25) is 0 Å². The number of benzene rings is 2. The van der Waals surface area contributed by atoms with Gasteiger partial charge in [0.2, 0.25) is 5.89 Å². The molecule has 1 aromatic heterocycles. The minimum atomic E-state index is 0.512. The zero-order valence-corrected chi connectivity index (χ0v) is 12.6. The summed E-state index contributed by atoms with van der Waals surface area (Å²) in [6.07, 6.45) is 3.73. The number of nitrogens with zero attached hydrogens (tertiary/aromatic N) is 3. The first-order valence-electron chi connectivity index (χ1n) is 6.54. The molecule has 0 unspecified atom stereocenters. The Morgan fingerprint density at radius 2 is 2.00 bits per heavy atom. The number of nitriles is 1. The quantitative estimate of drug-likeness (QED) is 0.336. The van der Waals surface area contributed by atoms with Gasteiger partial charge in [0.05, 0.1) is 11.3 Å². The number of rotatable bonds is 2. The van der Waals surface area contributed by atoms with Crippen molar-refractivity contribution in [3.8, 4) is 17.6 Å². The summed E-state index contributed by atoms with van der Waals surface area (Å²) in [7, 11) is 0. The van der Waals surface area contributed by atoms with Crippen molar-refractivity contribution in [2.24, 2.45) is 4.99 Å². The number of para-hydroxylation sites is 3. The predicted molar refractivity (Wildman–Crippen MR) is 88.8 cm³/mol. The average molecular weight is 308 g/mol. The van der Waals surface area contributed by atoms with E-state index in [4.69, 9.17) is 9.68 Å². The highest BCUT2D eigenvalue weighted by Gasteiger charge is 2.12. The van der Waals surface area contributed by atoms with Crippen LogP contribution in [0.4, 0.5) is 5.69 Å². The van der Waals surface area contributed by atoms with Gasteiger partial charge in [0.1, 0.15) is 5.52 Å². The van der Waals surface area contributed by atoms with Gasteiger partial charge in [-0.15, -0.1) is 0 Å². The Morgan fingerprint density at radius 3 is 2.77 bits per heavy atom. The monoisotopic (exact) mass is 308 g/mol. The molecular formula is C16H12N4OS. The largest absolute Gasteiger partial charge is 0.436 e. The fourth-order valence-electron chi connectivity index (χ4n) is 2.02. The van der Waals surface area contributed by atoms with Crippen LogP contribution in [0.15, 0.2) is 57.9 Å². The van der Waals surface area contributed by atoms with Crippen LogP contribution in [-0.4, -0.2) is 16.4 Å². The second kappa shape index (κ2) is 6.33. The minimum Gasteiger partial charge on any atom is -0.436 e. The molecule has 0 saturated heterocycles. The molecule has 0 aliphatic heterocycles. The highest BCUT2D eigenvalue weighted by Crippen LogP contribution is 2.32. The van der Waals surface area contributed by atoms with E-state index in [2.05, 4.69) is 15.3 Å². The second-order valence-corrected chi connectivity index (χ2v) is 5.16. The van der Waals surface area contributed by atoms with Crippen molar-refractivity contribution in [2.45, 2.75) is 0 Å². The Labute approximate surface area is 131 Å². The lowest BCUT2D eigenvalue weighted by atomic mass is 10.2. The Hall–Kier alpha value is -2.78. The molecule has 0 radical (unpaired) electrons. The summed E-state index contributed by atoms with van der Waals surface area (Å²) >= 11 is 1.36. The second-order valence-electron chi connectivity index (χ2n) is 4.36. The van der Waals surface area contributed by atoms with Gasteiger partial charge in [-0.1, -0.05) is 36.0 Å². The fourth-order valence-corrected chi connectivity index (χ4v) is 2.36. The van der Waals surface area contributed by atoms with Gasteiger partial charge in [-0.05, 0) is 30.5 Å². The summed E-state index contributed by atoms with van der Waals surface area (Å²) in [5, 5.41) is 11.8. The van der Waals surface area contributed by atoms with E-state index in [0.717, 1.165) is 16.7 Å². The van der Waals surface area contributed by atoms with E-state index < -0.39 is 0 Å². The maximum absolute atomic E-state index is 8.74. The standard InChI is InChI=1S/C16H12N4OS/c1-22-16(18-10-17)20-12-7-3-2-6-11(12)15-19-13-8-4-5-9-14(13)21-15/h2-9H,1H3,(H,18,20). The summed E-state index contributed by atoms with van der Waals surface area (Å²) in [6, 6.07) is 15.1. The molecule has 0 fully saturated rings. The summed E-state index contributed by atoms with van der Waals surface area (Å²) in [6.45, 7) is 0. The van der Waals surface area contributed by atoms with E-state index in [1.165, 1.54) is 11.8 Å². The molecule has 0 amide bonds. The molecule has 22 heavy (non-hydrogen) atoms. The fraction of sp³-hybridized carbons (Fsp3) is 0.0625. The molecule has 0 spiro atoms. The number of fused-ring (bicyclic) bond motifs is 1. The van der Waals surface area contributed by atoms with E-state index in [0.29, 0.717) is 16.7 Å². The van der Waals surface area contributed by atoms with Crippen LogP contribution in [0.5, 0.6) is 0 Å². The smallest absolute Gasteiger partial charge is 0.229 e. The molecule has 1 N–H and O–H groups in total. The molecular weight excluding hydrogens is 296 g/mol. The number of oxazole rings is 1. The number of nitrogens with one attached hydrogen (secondary N) is 1. The molecule has 1 heterocycles. The summed E-state index contributed by atoms with van der Waals surface area (Å²) < 4.78 is 5.80. The maximum Gasteiger partial charge on any atom is 0.229 e. The van der Waals surface area contributed by atoms with Gasteiger partial charge < -0.3 is 4.42 Å². The maximum atomic E-state index is 8.74. The van der Waals surface area contributed by atoms with Crippen LogP contribution in [-0.2, 0) is 0 Å². The van der Waals surface area contributed by atoms with E-state index in [1.807, 2.05) is 61.0 Å². The summed E-state index contributed by atoms with van der Waals surface area (Å²) in [4.78, 5) is 8.95. The van der Waals surface area contributed by atoms with Crippen molar-refractivity contribution in [1.29, 1.82) is 5.26 Å². The van der Waals surface area contributed by atoms with Crippen LogP contribution < -0.4 is 5.32 Å². The van der Waals surface area contributed by atoms with Crippen LogP contribution >= 0.6 is 11.8 Å². The number of thioether (sulfide) groups is 1. The Balaban J connectivity index is 2.10. The SMILES string of the molecule is CSC(=Nc1ccccc1-c1nc2ccccc2o1)NC#N. The summed E-state index contributed by atoms with van der Waals surface area (Å²) in [5.41, 5.74) is 3.01. The molecule has 0 aliphatic rings. The van der Waals surface area contributed by atoms with Gasteiger partial charge in [0.25, 0.3) is 0 Å². The first-order valence-corrected chi connectivity index (χ1v) is 7.77. The van der Waals surface area contributed by atoms with Crippen LogP contribution in [0.1, 0.15) is 0 Å². The van der Waals surface area contributed by atoms with Gasteiger partial charge in [0, 0.05) is 0 Å². The topological polar surface area (TPSA) is 74.2 Å². The Bertz CT molecular complexity index is 846. The number of amidine groups is 1. The van der Waals surface area contributed by atoms with Gasteiger partial charge in [-0.25, -0.2) is 9.98 Å². The van der Waals surface area contributed by atoms with E-state index in [1.54, 1.807) is 0 Å². The molecule has 3 aromatic rings. The Kier molecular flexibility index (Phi) is 4.08. The van der Waals surface area contributed by atoms with Crippen LogP contribution in [0.25, 0.3) is 22.6 Å². The van der Waals surface area contributed by atoms with Crippen molar-refractivity contribution in [1.82, 2.24) is 10.3 Å². The van der Waals surface area contributed by atoms with Crippen LogP contribution in [0.3, 0.4) is 0 Å². The first kappa shape index (κ1) is 14.2. The highest BCUT2D eigenvalue weighted by atomic mass is 32.2. The first-order chi connectivity index (χ1) is 10.8. The average Bonchev–Trinajstić information content (AvgIpc) is 2.98. The molecule has 0 aliphatic carbocycles. The van der Waals surface area contributed by atoms with Crippen molar-refractivity contribution in [3.05, 3.63) is 48.5 Å².